The van der Waals surface area contributed by atoms with Gasteiger partial charge in [0, 0.05) is 11.6 Å². The number of ether oxygens (including phenoxy) is 1. The quantitative estimate of drug-likeness (QED) is 0.219. The predicted octanol–water partition coefficient (Wildman–Crippen LogP) is 11.8. The van der Waals surface area contributed by atoms with Crippen LogP contribution in [0.4, 0.5) is 43.9 Å². The Morgan fingerprint density at radius 2 is 1.26 bits per heavy atom. The summed E-state index contributed by atoms with van der Waals surface area (Å²) >= 11 is 0. The predicted molar refractivity (Wildman–Crippen MR) is 153 cm³/mol. The summed E-state index contributed by atoms with van der Waals surface area (Å²) in [6, 6.07) is 5.46. The Balaban J connectivity index is 1.19. The maximum Gasteiger partial charge on any atom is 0.422 e. The Labute approximate surface area is 261 Å². The summed E-state index contributed by atoms with van der Waals surface area (Å²) in [4.78, 5) is 0. The van der Waals surface area contributed by atoms with Gasteiger partial charge in [-0.2, -0.15) is 22.0 Å². The first kappa shape index (κ1) is 34.1. The average molecular weight is 661 g/mol. The summed E-state index contributed by atoms with van der Waals surface area (Å²) in [6.07, 6.45) is -2.64. The number of hydrogen-bond donors (Lipinski definition) is 0. The van der Waals surface area contributed by atoms with Crippen molar-refractivity contribution in [1.29, 1.82) is 0 Å². The molecular formula is C35H34F10O. The summed E-state index contributed by atoms with van der Waals surface area (Å²) in [7, 11) is 0. The minimum atomic E-state index is -5.32. The van der Waals surface area contributed by atoms with Gasteiger partial charge in [0.05, 0.1) is 6.42 Å². The van der Waals surface area contributed by atoms with E-state index >= 15 is 8.78 Å². The Hall–Kier alpha value is -3.24. The zero-order valence-electron chi connectivity index (χ0n) is 25.1. The second-order valence-corrected chi connectivity index (χ2v) is 12.8. The lowest BCUT2D eigenvalue weighted by Crippen LogP contribution is -2.26. The van der Waals surface area contributed by atoms with Gasteiger partial charge in [0.1, 0.15) is 28.8 Å². The molecule has 0 N–H and O–H groups in total. The van der Waals surface area contributed by atoms with E-state index in [4.69, 9.17) is 0 Å². The SMILES string of the molecule is CC1CCC(C2CCC(c3ccc(CCC(F)(F)Oc4ccc(-c5cc(F)c(C(F)(F)F)c(F)c5)c(F)c4)c(F)c3F)CC2)CC1. The number of alkyl halides is 5. The van der Waals surface area contributed by atoms with Gasteiger partial charge < -0.3 is 4.74 Å². The van der Waals surface area contributed by atoms with E-state index in [1.54, 1.807) is 0 Å². The molecule has 2 fully saturated rings. The topological polar surface area (TPSA) is 9.23 Å². The van der Waals surface area contributed by atoms with Crippen LogP contribution in [0.5, 0.6) is 5.75 Å². The molecule has 0 unspecified atom stereocenters. The minimum absolute atomic E-state index is 0.138. The van der Waals surface area contributed by atoms with E-state index in [2.05, 4.69) is 11.7 Å². The van der Waals surface area contributed by atoms with Gasteiger partial charge >= 0.3 is 12.3 Å². The highest BCUT2D eigenvalue weighted by Crippen LogP contribution is 2.45. The molecule has 1 nitrogen and oxygen atoms in total. The Morgan fingerprint density at radius 3 is 1.83 bits per heavy atom. The fourth-order valence-electron chi connectivity index (χ4n) is 7.07. The number of aryl methyl sites for hydroxylation is 1. The highest BCUT2D eigenvalue weighted by Gasteiger charge is 2.38. The molecule has 46 heavy (non-hydrogen) atoms. The largest absolute Gasteiger partial charge is 0.432 e. The number of halogens is 10. The second kappa shape index (κ2) is 13.5. The van der Waals surface area contributed by atoms with E-state index < -0.39 is 76.7 Å². The fourth-order valence-corrected chi connectivity index (χ4v) is 7.07. The third kappa shape index (κ3) is 7.65. The molecule has 0 amide bonds. The summed E-state index contributed by atoms with van der Waals surface area (Å²) in [5.74, 6) is -6.25. The standard InChI is InChI=1S/C35H34F10O/c1-19-2-4-20(5-3-19)21-6-8-22(9-7-21)27-12-10-23(32(39)33(27)40)14-15-34(41,42)46-25-11-13-26(28(36)18-25)24-16-29(37)31(30(38)17-24)35(43,44)45/h10-13,16-22H,2-9,14-15H2,1H3. The maximum absolute atomic E-state index is 15.1. The molecule has 0 bridgehead atoms. The van der Waals surface area contributed by atoms with E-state index in [9.17, 15) is 35.1 Å². The van der Waals surface area contributed by atoms with Crippen molar-refractivity contribution in [1.82, 2.24) is 0 Å². The molecule has 0 spiro atoms. The molecule has 2 saturated carbocycles. The minimum Gasteiger partial charge on any atom is -0.432 e. The Bertz CT molecular complexity index is 1510. The number of benzene rings is 3. The van der Waals surface area contributed by atoms with Crippen LogP contribution in [0, 0.1) is 46.8 Å². The van der Waals surface area contributed by atoms with E-state index in [1.807, 2.05) is 0 Å². The third-order valence-corrected chi connectivity index (χ3v) is 9.66. The number of rotatable bonds is 8. The Morgan fingerprint density at radius 1 is 0.674 bits per heavy atom. The van der Waals surface area contributed by atoms with Gasteiger partial charge in [0.15, 0.2) is 11.6 Å². The van der Waals surface area contributed by atoms with Crippen LogP contribution in [0.15, 0.2) is 42.5 Å². The lowest BCUT2D eigenvalue weighted by molar-refractivity contribution is -0.180. The van der Waals surface area contributed by atoms with Crippen molar-refractivity contribution in [2.75, 3.05) is 0 Å². The van der Waals surface area contributed by atoms with Gasteiger partial charge in [0.2, 0.25) is 0 Å². The van der Waals surface area contributed by atoms with Gasteiger partial charge in [-0.1, -0.05) is 31.9 Å². The smallest absolute Gasteiger partial charge is 0.422 e. The van der Waals surface area contributed by atoms with Crippen LogP contribution in [0.3, 0.4) is 0 Å². The summed E-state index contributed by atoms with van der Waals surface area (Å²) in [5.41, 5.74) is -3.30. The van der Waals surface area contributed by atoms with Gasteiger partial charge in [-0.05, 0) is 110 Å². The van der Waals surface area contributed by atoms with Gasteiger partial charge in [0.25, 0.3) is 0 Å². The number of hydrogen-bond acceptors (Lipinski definition) is 1. The van der Waals surface area contributed by atoms with Crippen LogP contribution in [-0.2, 0) is 12.6 Å². The van der Waals surface area contributed by atoms with Crippen molar-refractivity contribution in [3.8, 4) is 16.9 Å². The monoisotopic (exact) mass is 660 g/mol. The summed E-state index contributed by atoms with van der Waals surface area (Å²) in [5, 5.41) is 0. The molecule has 0 heterocycles. The lowest BCUT2D eigenvalue weighted by Gasteiger charge is -2.37. The van der Waals surface area contributed by atoms with Gasteiger partial charge in [-0.25, -0.2) is 22.0 Å². The molecule has 3 aromatic carbocycles. The van der Waals surface area contributed by atoms with Crippen molar-refractivity contribution in [3.63, 3.8) is 0 Å². The fraction of sp³-hybridized carbons (Fsp3) is 0.486. The molecule has 11 heteroatoms. The zero-order chi connectivity index (χ0) is 33.4. The van der Waals surface area contributed by atoms with Gasteiger partial charge in [-0.3, -0.25) is 0 Å². The first-order chi connectivity index (χ1) is 21.6. The van der Waals surface area contributed by atoms with E-state index in [0.717, 1.165) is 43.7 Å². The summed E-state index contributed by atoms with van der Waals surface area (Å²) < 4.78 is 145. The van der Waals surface area contributed by atoms with Crippen molar-refractivity contribution in [3.05, 3.63) is 88.2 Å². The maximum atomic E-state index is 15.1. The molecule has 2 aliphatic rings. The molecule has 0 atom stereocenters. The molecule has 3 aromatic rings. The molecule has 0 radical (unpaired) electrons. The molecule has 0 saturated heterocycles. The van der Waals surface area contributed by atoms with Crippen LogP contribution >= 0.6 is 0 Å². The molecule has 0 aromatic heterocycles. The molecule has 5 rings (SSSR count). The first-order valence-electron chi connectivity index (χ1n) is 15.5. The van der Waals surface area contributed by atoms with E-state index in [1.165, 1.54) is 37.8 Å². The second-order valence-electron chi connectivity index (χ2n) is 12.8. The molecular weight excluding hydrogens is 626 g/mol. The van der Waals surface area contributed by atoms with Crippen LogP contribution in [0.25, 0.3) is 11.1 Å². The van der Waals surface area contributed by atoms with Crippen LogP contribution in [0.2, 0.25) is 0 Å². The van der Waals surface area contributed by atoms with Crippen LogP contribution < -0.4 is 4.74 Å². The summed E-state index contributed by atoms with van der Waals surface area (Å²) in [6.45, 7) is 2.27. The molecule has 250 valence electrons. The molecule has 0 aliphatic heterocycles. The normalized spacial score (nSPS) is 22.6. The van der Waals surface area contributed by atoms with Crippen molar-refractivity contribution < 1.29 is 48.6 Å². The first-order valence-corrected chi connectivity index (χ1v) is 15.5. The van der Waals surface area contributed by atoms with Crippen molar-refractivity contribution in [2.24, 2.45) is 17.8 Å². The molecule has 2 aliphatic carbocycles. The van der Waals surface area contributed by atoms with Crippen LogP contribution in [-0.4, -0.2) is 6.11 Å². The Kier molecular flexibility index (Phi) is 9.99. The van der Waals surface area contributed by atoms with Crippen molar-refractivity contribution in [2.45, 2.75) is 89.3 Å². The van der Waals surface area contributed by atoms with Crippen molar-refractivity contribution >= 4 is 0 Å². The van der Waals surface area contributed by atoms with Gasteiger partial charge in [-0.15, -0.1) is 0 Å². The van der Waals surface area contributed by atoms with Crippen LogP contribution in [0.1, 0.15) is 87.3 Å². The highest BCUT2D eigenvalue weighted by molar-refractivity contribution is 5.66. The lowest BCUT2D eigenvalue weighted by atomic mass is 9.68. The highest BCUT2D eigenvalue weighted by atomic mass is 19.4. The third-order valence-electron chi connectivity index (χ3n) is 9.66. The van der Waals surface area contributed by atoms with E-state index in [0.29, 0.717) is 17.9 Å². The van der Waals surface area contributed by atoms with E-state index in [-0.39, 0.29) is 29.2 Å². The zero-order valence-corrected chi connectivity index (χ0v) is 25.1. The average Bonchev–Trinajstić information content (AvgIpc) is 2.97.